The Kier molecular flexibility index (Phi) is 1.53. The summed E-state index contributed by atoms with van der Waals surface area (Å²) >= 11 is 5.49. The van der Waals surface area contributed by atoms with Crippen molar-refractivity contribution in [1.29, 1.82) is 0 Å². The molecule has 8 heavy (non-hydrogen) atoms. The van der Waals surface area contributed by atoms with Gasteiger partial charge in [-0.05, 0) is 0 Å². The molecule has 0 spiro atoms. The Hall–Kier alpha value is -0.500. The van der Waals surface area contributed by atoms with E-state index in [1.54, 1.807) is 10.9 Å². The quantitative estimate of drug-likeness (QED) is 0.522. The molecule has 1 aromatic rings. The third kappa shape index (κ3) is 1.01. The van der Waals surface area contributed by atoms with Gasteiger partial charge in [0.25, 0.3) is 0 Å². The Bertz CT molecular complexity index is 171. The number of hydrogen-bond donors (Lipinski definition) is 0. The number of aromatic nitrogens is 2. The molecule has 1 rings (SSSR count). The summed E-state index contributed by atoms with van der Waals surface area (Å²) in [5.41, 5.74) is 1.06. The summed E-state index contributed by atoms with van der Waals surface area (Å²) in [4.78, 5) is 0. The second-order valence-electron chi connectivity index (χ2n) is 1.66. The number of rotatable bonds is 1. The lowest BCUT2D eigenvalue weighted by molar-refractivity contribution is 0.767. The predicted molar refractivity (Wildman–Crippen MR) is 32.8 cm³/mol. The van der Waals surface area contributed by atoms with Crippen LogP contribution in [0.5, 0.6) is 0 Å². The fourth-order valence-corrected chi connectivity index (χ4v) is 0.679. The van der Waals surface area contributed by atoms with Crippen LogP contribution in [0.4, 0.5) is 0 Å². The molecule has 0 N–H and O–H groups in total. The Balaban J connectivity index is 2.84. The van der Waals surface area contributed by atoms with Crippen LogP contribution >= 0.6 is 11.6 Å². The zero-order valence-corrected chi connectivity index (χ0v) is 5.39. The molecule has 0 aliphatic rings. The van der Waals surface area contributed by atoms with Crippen LogP contribution in [0.25, 0.3) is 0 Å². The van der Waals surface area contributed by atoms with E-state index in [0.717, 1.165) is 5.56 Å². The number of nitrogens with zero attached hydrogens (tertiary/aromatic N) is 2. The molecule has 0 fully saturated rings. The van der Waals surface area contributed by atoms with E-state index >= 15 is 0 Å². The topological polar surface area (TPSA) is 17.8 Å². The first-order chi connectivity index (χ1) is 3.83. The maximum Gasteiger partial charge on any atom is 0.0533 e. The van der Waals surface area contributed by atoms with Gasteiger partial charge in [0, 0.05) is 18.8 Å². The van der Waals surface area contributed by atoms with Gasteiger partial charge in [0.1, 0.15) is 0 Å². The lowest BCUT2D eigenvalue weighted by atomic mass is 10.4. The van der Waals surface area contributed by atoms with Crippen LogP contribution in [0.15, 0.2) is 12.4 Å². The van der Waals surface area contributed by atoms with Crippen molar-refractivity contribution < 1.29 is 0 Å². The Morgan fingerprint density at radius 2 is 2.62 bits per heavy atom. The molecule has 1 heterocycles. The number of hydrogen-bond acceptors (Lipinski definition) is 1. The van der Waals surface area contributed by atoms with Crippen LogP contribution in [-0.2, 0) is 12.9 Å². The molecule has 0 atom stereocenters. The monoisotopic (exact) mass is 130 g/mol. The van der Waals surface area contributed by atoms with E-state index in [-0.39, 0.29) is 0 Å². The SMILES string of the molecule is Cn1cc(CCl)cn1. The molecule has 0 aliphatic heterocycles. The molecule has 0 unspecified atom stereocenters. The van der Waals surface area contributed by atoms with Crippen LogP contribution in [0, 0.1) is 0 Å². The highest BCUT2D eigenvalue weighted by atomic mass is 35.5. The minimum atomic E-state index is 0.549. The van der Waals surface area contributed by atoms with Crippen LogP contribution in [0.2, 0.25) is 0 Å². The molecule has 0 amide bonds. The zero-order valence-electron chi connectivity index (χ0n) is 4.63. The van der Waals surface area contributed by atoms with Gasteiger partial charge in [-0.2, -0.15) is 5.10 Å². The maximum atomic E-state index is 5.49. The van der Waals surface area contributed by atoms with Crippen LogP contribution in [0.3, 0.4) is 0 Å². The van der Waals surface area contributed by atoms with Crippen molar-refractivity contribution in [3.05, 3.63) is 18.0 Å². The second-order valence-corrected chi connectivity index (χ2v) is 1.92. The summed E-state index contributed by atoms with van der Waals surface area (Å²) in [6.07, 6.45) is 3.65. The van der Waals surface area contributed by atoms with E-state index in [1.165, 1.54) is 0 Å². The average molecular weight is 131 g/mol. The first kappa shape index (κ1) is 5.63. The molecule has 0 aromatic carbocycles. The third-order valence-electron chi connectivity index (χ3n) is 0.913. The summed E-state index contributed by atoms with van der Waals surface area (Å²) in [5.74, 6) is 0.549. The largest absolute Gasteiger partial charge is 0.275 e. The van der Waals surface area contributed by atoms with Gasteiger partial charge in [0.2, 0.25) is 0 Å². The van der Waals surface area contributed by atoms with Crippen molar-refractivity contribution in [2.75, 3.05) is 0 Å². The molecule has 0 aliphatic carbocycles. The number of aryl methyl sites for hydroxylation is 1. The molecule has 3 heteroatoms. The molecule has 2 nitrogen and oxygen atoms in total. The second kappa shape index (κ2) is 2.18. The van der Waals surface area contributed by atoms with Gasteiger partial charge in [-0.15, -0.1) is 11.6 Å². The highest BCUT2D eigenvalue weighted by Crippen LogP contribution is 1.98. The molecular formula is C5H7ClN2. The van der Waals surface area contributed by atoms with Crippen molar-refractivity contribution in [2.24, 2.45) is 7.05 Å². The standard InChI is InChI=1S/C5H7ClN2/c1-8-4-5(2-6)3-7-8/h3-4H,2H2,1H3. The first-order valence-corrected chi connectivity index (χ1v) is 2.90. The first-order valence-electron chi connectivity index (χ1n) is 2.36. The highest BCUT2D eigenvalue weighted by Gasteiger charge is 1.89. The molecular weight excluding hydrogens is 124 g/mol. The Morgan fingerprint density at radius 3 is 2.88 bits per heavy atom. The summed E-state index contributed by atoms with van der Waals surface area (Å²) in [5, 5.41) is 3.92. The molecule has 1 aromatic heterocycles. The smallest absolute Gasteiger partial charge is 0.0533 e. The van der Waals surface area contributed by atoms with Crippen LogP contribution in [-0.4, -0.2) is 9.78 Å². The predicted octanol–water partition coefficient (Wildman–Crippen LogP) is 1.16. The van der Waals surface area contributed by atoms with Crippen LogP contribution < -0.4 is 0 Å². The van der Waals surface area contributed by atoms with Crippen LogP contribution in [0.1, 0.15) is 5.56 Å². The molecule has 0 saturated carbocycles. The maximum absolute atomic E-state index is 5.49. The van der Waals surface area contributed by atoms with Gasteiger partial charge in [0.05, 0.1) is 12.1 Å². The van der Waals surface area contributed by atoms with Crippen molar-refractivity contribution in [3.63, 3.8) is 0 Å². The summed E-state index contributed by atoms with van der Waals surface area (Å²) in [6.45, 7) is 0. The highest BCUT2D eigenvalue weighted by molar-refractivity contribution is 6.17. The molecule has 0 radical (unpaired) electrons. The van der Waals surface area contributed by atoms with Gasteiger partial charge in [-0.3, -0.25) is 4.68 Å². The Labute approximate surface area is 53.1 Å². The number of alkyl halides is 1. The normalized spacial score (nSPS) is 9.75. The van der Waals surface area contributed by atoms with E-state index in [2.05, 4.69) is 5.10 Å². The van der Waals surface area contributed by atoms with Crippen molar-refractivity contribution in [3.8, 4) is 0 Å². The van der Waals surface area contributed by atoms with E-state index in [0.29, 0.717) is 5.88 Å². The van der Waals surface area contributed by atoms with Crippen molar-refractivity contribution in [2.45, 2.75) is 5.88 Å². The van der Waals surface area contributed by atoms with Gasteiger partial charge >= 0.3 is 0 Å². The van der Waals surface area contributed by atoms with Gasteiger partial charge in [-0.25, -0.2) is 0 Å². The fourth-order valence-electron chi connectivity index (χ4n) is 0.541. The minimum absolute atomic E-state index is 0.549. The fraction of sp³-hybridized carbons (Fsp3) is 0.400. The summed E-state index contributed by atoms with van der Waals surface area (Å²) < 4.78 is 1.73. The van der Waals surface area contributed by atoms with E-state index in [1.807, 2.05) is 13.2 Å². The minimum Gasteiger partial charge on any atom is -0.275 e. The number of halogens is 1. The molecule has 0 bridgehead atoms. The molecule has 0 saturated heterocycles. The van der Waals surface area contributed by atoms with E-state index in [4.69, 9.17) is 11.6 Å². The van der Waals surface area contributed by atoms with Gasteiger partial charge in [-0.1, -0.05) is 0 Å². The van der Waals surface area contributed by atoms with E-state index < -0.39 is 0 Å². The van der Waals surface area contributed by atoms with Crippen molar-refractivity contribution in [1.82, 2.24) is 9.78 Å². The van der Waals surface area contributed by atoms with E-state index in [9.17, 15) is 0 Å². The Morgan fingerprint density at radius 1 is 1.88 bits per heavy atom. The molecule has 44 valence electrons. The lowest BCUT2D eigenvalue weighted by Gasteiger charge is -1.80. The third-order valence-corrected chi connectivity index (χ3v) is 1.22. The zero-order chi connectivity index (χ0) is 5.98. The van der Waals surface area contributed by atoms with Crippen molar-refractivity contribution >= 4 is 11.6 Å². The van der Waals surface area contributed by atoms with Gasteiger partial charge in [0.15, 0.2) is 0 Å². The van der Waals surface area contributed by atoms with Gasteiger partial charge < -0.3 is 0 Å². The summed E-state index contributed by atoms with van der Waals surface area (Å²) in [6, 6.07) is 0. The average Bonchev–Trinajstić information content (AvgIpc) is 2.14. The summed E-state index contributed by atoms with van der Waals surface area (Å²) in [7, 11) is 1.87. The lowest BCUT2D eigenvalue weighted by Crippen LogP contribution is -1.84.